The maximum Gasteiger partial charge on any atom is 0.0376 e. The molecule has 0 saturated heterocycles. The Morgan fingerprint density at radius 3 is 0.433 bits per heavy atom. The summed E-state index contributed by atoms with van der Waals surface area (Å²) in [7, 11) is 0. The summed E-state index contributed by atoms with van der Waals surface area (Å²) in [5.74, 6) is -0.280. The van der Waals surface area contributed by atoms with E-state index >= 15 is 0 Å². The second-order valence-corrected chi connectivity index (χ2v) is 19.3. The van der Waals surface area contributed by atoms with Gasteiger partial charge in [-0.1, -0.05) is 164 Å². The third-order valence-corrected chi connectivity index (χ3v) is 14.7. The molecular weight excluding hydrogens is 805 g/mol. The number of hydrogen-bond acceptors (Lipinski definition) is 0. The summed E-state index contributed by atoms with van der Waals surface area (Å²) in [6.45, 7) is 27.6. The van der Waals surface area contributed by atoms with Gasteiger partial charge in [0.05, 0.1) is 0 Å². The fourth-order valence-electron chi connectivity index (χ4n) is 11.8. The molecule has 0 saturated carbocycles. The normalized spacial score (nSPS) is 11.4. The van der Waals surface area contributed by atoms with Crippen LogP contribution in [0.3, 0.4) is 0 Å². The van der Waals surface area contributed by atoms with E-state index in [-0.39, 0.29) is 5.92 Å². The first-order chi connectivity index (χ1) is 32.3. The Kier molecular flexibility index (Phi) is 12.4. The van der Waals surface area contributed by atoms with E-state index in [1.54, 1.807) is 0 Å². The molecule has 332 valence electrons. The summed E-state index contributed by atoms with van der Waals surface area (Å²) in [5, 5.41) is 0. The number of rotatable bonds is 9. The zero-order valence-corrected chi connectivity index (χ0v) is 41.7. The van der Waals surface area contributed by atoms with Crippen molar-refractivity contribution in [1.82, 2.24) is 0 Å². The first-order valence-electron chi connectivity index (χ1n) is 24.1. The van der Waals surface area contributed by atoms with Gasteiger partial charge in [-0.2, -0.15) is 0 Å². The third-order valence-electron chi connectivity index (χ3n) is 14.7. The Balaban J connectivity index is 1.65. The van der Waals surface area contributed by atoms with Crippen LogP contribution in [-0.2, 0) is 0 Å². The van der Waals surface area contributed by atoms with Gasteiger partial charge in [0.1, 0.15) is 0 Å². The van der Waals surface area contributed by atoms with Crippen LogP contribution in [0, 0.1) is 83.1 Å². The zero-order valence-electron chi connectivity index (χ0n) is 41.7. The van der Waals surface area contributed by atoms with Crippen molar-refractivity contribution in [2.24, 2.45) is 0 Å². The first kappa shape index (κ1) is 45.1. The molecule has 9 rings (SSSR count). The minimum Gasteiger partial charge on any atom is -0.0617 e. The molecule has 9 aromatic rings. The van der Waals surface area contributed by atoms with Crippen molar-refractivity contribution in [3.8, 4) is 66.8 Å². The van der Waals surface area contributed by atoms with Crippen molar-refractivity contribution in [3.63, 3.8) is 0 Å². The van der Waals surface area contributed by atoms with Crippen LogP contribution in [0.2, 0.25) is 0 Å². The molecule has 0 atom stereocenters. The van der Waals surface area contributed by atoms with Gasteiger partial charge in [0, 0.05) is 5.92 Å². The van der Waals surface area contributed by atoms with Gasteiger partial charge >= 0.3 is 0 Å². The zero-order chi connectivity index (χ0) is 47.3. The van der Waals surface area contributed by atoms with Crippen molar-refractivity contribution in [2.45, 2.75) is 89.0 Å². The fraction of sp³-hybridized carbons (Fsp3) is 0.194. The average Bonchev–Trinajstić information content (AvgIpc) is 3.28. The molecule has 9 aromatic carbocycles. The maximum atomic E-state index is 2.43. The summed E-state index contributed by atoms with van der Waals surface area (Å²) in [6.07, 6.45) is 0. The van der Waals surface area contributed by atoms with Crippen LogP contribution in [0.4, 0.5) is 0 Å². The Bertz CT molecular complexity index is 2680. The molecule has 0 spiro atoms. The molecule has 0 amide bonds. The molecule has 0 heterocycles. The van der Waals surface area contributed by atoms with Crippen LogP contribution in [0.25, 0.3) is 66.8 Å². The van der Waals surface area contributed by atoms with E-state index in [0.717, 1.165) is 0 Å². The number of benzene rings is 9. The fourth-order valence-corrected chi connectivity index (χ4v) is 11.8. The van der Waals surface area contributed by atoms with Crippen LogP contribution in [0.1, 0.15) is 89.4 Å². The SMILES string of the molecule is Cc1cccc(C)c1-c1cccc(-c2c(C)cccc2C)c1C(c1c(-c2c(C)cccc2C)cccc1-c1c(C)cccc1C)c1c(-c2c(C)cccc2C)cccc1-c1c(C)cccc1C. The van der Waals surface area contributed by atoms with Gasteiger partial charge in [-0.3, -0.25) is 0 Å². The molecule has 0 aromatic heterocycles. The van der Waals surface area contributed by atoms with E-state index in [0.29, 0.717) is 0 Å². The molecule has 0 nitrogen and oxygen atoms in total. The highest BCUT2D eigenvalue weighted by molar-refractivity contribution is 5.95. The quantitative estimate of drug-likeness (QED) is 0.127. The molecule has 0 fully saturated rings. The van der Waals surface area contributed by atoms with Gasteiger partial charge in [0.15, 0.2) is 0 Å². The lowest BCUT2D eigenvalue weighted by molar-refractivity contribution is 0.985. The molecular formula is C67H64. The highest BCUT2D eigenvalue weighted by atomic mass is 14.4. The molecule has 0 aliphatic carbocycles. The highest BCUT2D eigenvalue weighted by Crippen LogP contribution is 2.56. The van der Waals surface area contributed by atoms with E-state index in [2.05, 4.69) is 247 Å². The Labute approximate surface area is 401 Å². The largest absolute Gasteiger partial charge is 0.0617 e. The lowest BCUT2D eigenvalue weighted by atomic mass is 9.68. The van der Waals surface area contributed by atoms with Crippen LogP contribution < -0.4 is 0 Å². The average molecular weight is 869 g/mol. The molecule has 0 aliphatic rings. The van der Waals surface area contributed by atoms with E-state index in [1.807, 2.05) is 0 Å². The molecule has 0 N–H and O–H groups in total. The number of hydrogen-bond donors (Lipinski definition) is 0. The van der Waals surface area contributed by atoms with Gasteiger partial charge in [0.25, 0.3) is 0 Å². The van der Waals surface area contributed by atoms with E-state index in [1.165, 1.54) is 150 Å². The summed E-state index contributed by atoms with van der Waals surface area (Å²) in [4.78, 5) is 0. The molecule has 0 bridgehead atoms. The van der Waals surface area contributed by atoms with Gasteiger partial charge in [0.2, 0.25) is 0 Å². The van der Waals surface area contributed by atoms with Crippen molar-refractivity contribution >= 4 is 0 Å². The van der Waals surface area contributed by atoms with E-state index in [9.17, 15) is 0 Å². The van der Waals surface area contributed by atoms with Crippen molar-refractivity contribution in [2.75, 3.05) is 0 Å². The molecule has 0 radical (unpaired) electrons. The van der Waals surface area contributed by atoms with E-state index in [4.69, 9.17) is 0 Å². The Hall–Kier alpha value is -7.02. The van der Waals surface area contributed by atoms with Gasteiger partial charge in [-0.25, -0.2) is 0 Å². The smallest absolute Gasteiger partial charge is 0.0376 e. The minimum atomic E-state index is -0.280. The summed E-state index contributed by atoms with van der Waals surface area (Å²) < 4.78 is 0. The minimum absolute atomic E-state index is 0.280. The second-order valence-electron chi connectivity index (χ2n) is 19.3. The monoisotopic (exact) mass is 869 g/mol. The van der Waals surface area contributed by atoms with Crippen molar-refractivity contribution in [1.29, 1.82) is 0 Å². The van der Waals surface area contributed by atoms with Crippen LogP contribution in [0.5, 0.6) is 0 Å². The Morgan fingerprint density at radius 1 is 0.179 bits per heavy atom. The summed E-state index contributed by atoms with van der Waals surface area (Å²) >= 11 is 0. The second kappa shape index (κ2) is 18.3. The standard InChI is InChI=1S/C67H64/c1-40-22-13-23-41(2)58(40)52-34-19-35-53(59-42(3)24-14-25-43(59)4)64(52)67(65-54(60-44(5)26-15-27-45(60)6)36-20-37-55(65)61-46(7)28-16-29-47(61)8)66-56(62-48(9)30-17-31-49(62)10)38-21-39-57(66)63-50(11)32-18-33-51(63)12/h13-39,67H,1-12H3. The Morgan fingerprint density at radius 2 is 0.299 bits per heavy atom. The van der Waals surface area contributed by atoms with Crippen molar-refractivity contribution < 1.29 is 0 Å². The van der Waals surface area contributed by atoms with Crippen LogP contribution in [0.15, 0.2) is 164 Å². The van der Waals surface area contributed by atoms with Crippen molar-refractivity contribution in [3.05, 3.63) is 247 Å². The van der Waals surface area contributed by atoms with Gasteiger partial charge in [-0.05, 0) is 233 Å². The molecule has 0 unspecified atom stereocenters. The first-order valence-corrected chi connectivity index (χ1v) is 24.1. The molecule has 0 aliphatic heterocycles. The third kappa shape index (κ3) is 7.97. The van der Waals surface area contributed by atoms with E-state index < -0.39 is 0 Å². The lowest BCUT2D eigenvalue weighted by Crippen LogP contribution is -2.15. The number of aryl methyl sites for hydroxylation is 12. The van der Waals surface area contributed by atoms with Crippen LogP contribution >= 0.6 is 0 Å². The molecule has 67 heavy (non-hydrogen) atoms. The maximum absolute atomic E-state index is 2.43. The highest BCUT2D eigenvalue weighted by Gasteiger charge is 2.35. The predicted octanol–water partition coefficient (Wildman–Crippen LogP) is 18.6. The topological polar surface area (TPSA) is 0 Å². The lowest BCUT2D eigenvalue weighted by Gasteiger charge is -2.35. The predicted molar refractivity (Wildman–Crippen MR) is 290 cm³/mol. The molecule has 0 heteroatoms. The summed E-state index contributed by atoms with van der Waals surface area (Å²) in [5.41, 5.74) is 34.7. The van der Waals surface area contributed by atoms with Gasteiger partial charge in [-0.15, -0.1) is 0 Å². The van der Waals surface area contributed by atoms with Gasteiger partial charge < -0.3 is 0 Å². The van der Waals surface area contributed by atoms with Crippen LogP contribution in [-0.4, -0.2) is 0 Å². The summed E-state index contributed by atoms with van der Waals surface area (Å²) in [6, 6.07) is 62.4.